The minimum atomic E-state index is -0.266. The number of rotatable bonds is 1. The van der Waals surface area contributed by atoms with Gasteiger partial charge >= 0.3 is 0 Å². The third-order valence-electron chi connectivity index (χ3n) is 2.53. The topological polar surface area (TPSA) is 35.9 Å². The van der Waals surface area contributed by atoms with Crippen molar-refractivity contribution in [2.24, 2.45) is 0 Å². The largest absolute Gasteiger partial charge is 0.313 e. The first kappa shape index (κ1) is 10.9. The highest BCUT2D eigenvalue weighted by Crippen LogP contribution is 2.29. The van der Waals surface area contributed by atoms with Crippen molar-refractivity contribution in [2.45, 2.75) is 38.8 Å². The second-order valence-corrected chi connectivity index (χ2v) is 4.92. The molecule has 0 spiro atoms. The van der Waals surface area contributed by atoms with Gasteiger partial charge in [-0.05, 0) is 27.7 Å². The van der Waals surface area contributed by atoms with Gasteiger partial charge in [-0.1, -0.05) is 0 Å². The zero-order valence-electron chi connectivity index (χ0n) is 9.16. The molecule has 0 unspecified atom stereocenters. The third-order valence-corrected chi connectivity index (χ3v) is 2.53. The van der Waals surface area contributed by atoms with E-state index in [2.05, 4.69) is 0 Å². The molecule has 13 heavy (non-hydrogen) atoms. The SMILES string of the molecule is CON1CC(C)(C)N(O)C(C)(C)C1. The van der Waals surface area contributed by atoms with Crippen molar-refractivity contribution in [3.63, 3.8) is 0 Å². The smallest absolute Gasteiger partial charge is 0.0575 e. The first-order valence-electron chi connectivity index (χ1n) is 4.58. The summed E-state index contributed by atoms with van der Waals surface area (Å²) in [7, 11) is 1.67. The molecule has 0 amide bonds. The maximum Gasteiger partial charge on any atom is 0.0575 e. The minimum Gasteiger partial charge on any atom is -0.313 e. The van der Waals surface area contributed by atoms with Gasteiger partial charge in [-0.2, -0.15) is 10.1 Å². The van der Waals surface area contributed by atoms with E-state index >= 15 is 0 Å². The van der Waals surface area contributed by atoms with Crippen molar-refractivity contribution in [3.8, 4) is 0 Å². The zero-order chi connectivity index (χ0) is 10.3. The fraction of sp³-hybridized carbons (Fsp3) is 1.00. The molecular weight excluding hydrogens is 168 g/mol. The molecule has 1 aliphatic rings. The standard InChI is InChI=1S/C9H20N2O2/c1-8(2)6-10(13-5)7-9(3,4)11(8)12/h12H,6-7H2,1-5H3. The predicted molar refractivity (Wildman–Crippen MR) is 50.4 cm³/mol. The number of hydrogen-bond donors (Lipinski definition) is 1. The summed E-state index contributed by atoms with van der Waals surface area (Å²) in [5, 5.41) is 13.2. The fourth-order valence-electron chi connectivity index (χ4n) is 2.00. The Labute approximate surface area is 80.0 Å². The quantitative estimate of drug-likeness (QED) is 0.668. The molecule has 4 nitrogen and oxygen atoms in total. The highest BCUT2D eigenvalue weighted by Gasteiger charge is 2.44. The second-order valence-electron chi connectivity index (χ2n) is 4.92. The first-order valence-corrected chi connectivity index (χ1v) is 4.58. The Balaban J connectivity index is 2.82. The monoisotopic (exact) mass is 188 g/mol. The van der Waals surface area contributed by atoms with Crippen molar-refractivity contribution >= 4 is 0 Å². The van der Waals surface area contributed by atoms with Crippen molar-refractivity contribution in [1.29, 1.82) is 0 Å². The molecule has 1 rings (SSSR count). The summed E-state index contributed by atoms with van der Waals surface area (Å²) in [4.78, 5) is 5.21. The molecule has 0 atom stereocenters. The Hall–Kier alpha value is -0.160. The van der Waals surface area contributed by atoms with Gasteiger partial charge in [-0.15, -0.1) is 0 Å². The van der Waals surface area contributed by atoms with E-state index in [-0.39, 0.29) is 11.1 Å². The molecule has 4 heteroatoms. The van der Waals surface area contributed by atoms with Gasteiger partial charge in [0.25, 0.3) is 0 Å². The Bertz CT molecular complexity index is 174. The molecule has 1 saturated heterocycles. The maximum atomic E-state index is 9.93. The first-order chi connectivity index (χ1) is 5.79. The average Bonchev–Trinajstić information content (AvgIpc) is 1.99. The van der Waals surface area contributed by atoms with E-state index in [1.54, 1.807) is 7.11 Å². The lowest BCUT2D eigenvalue weighted by Crippen LogP contribution is -2.66. The van der Waals surface area contributed by atoms with Crippen molar-refractivity contribution in [1.82, 2.24) is 10.1 Å². The normalized spacial score (nSPS) is 29.1. The van der Waals surface area contributed by atoms with E-state index < -0.39 is 0 Å². The van der Waals surface area contributed by atoms with Crippen LogP contribution in [-0.2, 0) is 4.84 Å². The van der Waals surface area contributed by atoms with Gasteiger partial charge in [0.15, 0.2) is 0 Å². The summed E-state index contributed by atoms with van der Waals surface area (Å²) >= 11 is 0. The fourth-order valence-corrected chi connectivity index (χ4v) is 2.00. The summed E-state index contributed by atoms with van der Waals surface area (Å²) < 4.78 is 0. The van der Waals surface area contributed by atoms with E-state index in [9.17, 15) is 5.21 Å². The average molecular weight is 188 g/mol. The van der Waals surface area contributed by atoms with Gasteiger partial charge in [0.05, 0.1) is 18.2 Å². The Morgan fingerprint density at radius 3 is 1.77 bits per heavy atom. The van der Waals surface area contributed by atoms with Crippen LogP contribution in [0.1, 0.15) is 27.7 Å². The lowest BCUT2D eigenvalue weighted by molar-refractivity contribution is -0.301. The summed E-state index contributed by atoms with van der Waals surface area (Å²) in [5.41, 5.74) is -0.532. The van der Waals surface area contributed by atoms with E-state index in [0.717, 1.165) is 0 Å². The molecule has 1 fully saturated rings. The molecule has 0 saturated carbocycles. The molecule has 1 aliphatic heterocycles. The summed E-state index contributed by atoms with van der Waals surface area (Å²) in [6, 6.07) is 0. The van der Waals surface area contributed by atoms with Crippen LogP contribution < -0.4 is 0 Å². The number of nitrogens with zero attached hydrogens (tertiary/aromatic N) is 2. The van der Waals surface area contributed by atoms with Crippen LogP contribution in [0.5, 0.6) is 0 Å². The minimum absolute atomic E-state index is 0.266. The van der Waals surface area contributed by atoms with E-state index in [1.807, 2.05) is 32.8 Å². The lowest BCUT2D eigenvalue weighted by Gasteiger charge is -2.51. The van der Waals surface area contributed by atoms with Gasteiger partial charge < -0.3 is 10.0 Å². The molecule has 0 aromatic heterocycles. The van der Waals surface area contributed by atoms with Crippen LogP contribution in [-0.4, -0.2) is 46.6 Å². The number of hydrogen-bond acceptors (Lipinski definition) is 4. The molecule has 0 bridgehead atoms. The summed E-state index contributed by atoms with van der Waals surface area (Å²) in [6.45, 7) is 9.42. The van der Waals surface area contributed by atoms with E-state index in [1.165, 1.54) is 5.06 Å². The number of hydroxylamine groups is 4. The number of piperazine rings is 1. The van der Waals surface area contributed by atoms with Gasteiger partial charge in [-0.25, -0.2) is 0 Å². The van der Waals surface area contributed by atoms with Crippen LogP contribution >= 0.6 is 0 Å². The van der Waals surface area contributed by atoms with Gasteiger partial charge in [-0.3, -0.25) is 0 Å². The molecular formula is C9H20N2O2. The van der Waals surface area contributed by atoms with Crippen LogP contribution in [0.3, 0.4) is 0 Å². The molecule has 0 radical (unpaired) electrons. The Morgan fingerprint density at radius 2 is 1.46 bits per heavy atom. The zero-order valence-corrected chi connectivity index (χ0v) is 9.16. The summed E-state index contributed by atoms with van der Waals surface area (Å²) in [5.74, 6) is 0. The van der Waals surface area contributed by atoms with E-state index in [0.29, 0.717) is 13.1 Å². The van der Waals surface area contributed by atoms with Gasteiger partial charge in [0.2, 0.25) is 0 Å². The van der Waals surface area contributed by atoms with Crippen molar-refractivity contribution in [3.05, 3.63) is 0 Å². The third kappa shape index (κ3) is 2.02. The summed E-state index contributed by atoms with van der Waals surface area (Å²) in [6.07, 6.45) is 0. The highest BCUT2D eigenvalue weighted by atomic mass is 16.7. The van der Waals surface area contributed by atoms with E-state index in [4.69, 9.17) is 4.84 Å². The van der Waals surface area contributed by atoms with Gasteiger partial charge in [0, 0.05) is 13.1 Å². The lowest BCUT2D eigenvalue weighted by atomic mass is 9.92. The Morgan fingerprint density at radius 1 is 1.08 bits per heavy atom. The van der Waals surface area contributed by atoms with Crippen LogP contribution in [0.15, 0.2) is 0 Å². The second kappa shape index (κ2) is 3.20. The Kier molecular flexibility index (Phi) is 2.69. The van der Waals surface area contributed by atoms with Crippen LogP contribution in [0.2, 0.25) is 0 Å². The molecule has 0 aliphatic carbocycles. The molecule has 0 aromatic rings. The van der Waals surface area contributed by atoms with Crippen molar-refractivity contribution in [2.75, 3.05) is 20.2 Å². The predicted octanol–water partition coefficient (Wildman–Crippen LogP) is 1.11. The van der Waals surface area contributed by atoms with Crippen LogP contribution in [0.25, 0.3) is 0 Å². The maximum absolute atomic E-state index is 9.93. The molecule has 1 heterocycles. The molecule has 78 valence electrons. The van der Waals surface area contributed by atoms with Gasteiger partial charge in [0.1, 0.15) is 0 Å². The van der Waals surface area contributed by atoms with Crippen LogP contribution in [0.4, 0.5) is 0 Å². The van der Waals surface area contributed by atoms with Crippen molar-refractivity contribution < 1.29 is 10.0 Å². The molecule has 1 N–H and O–H groups in total. The van der Waals surface area contributed by atoms with Crippen LogP contribution in [0, 0.1) is 0 Å². The molecule has 0 aromatic carbocycles. The highest BCUT2D eigenvalue weighted by molar-refractivity contribution is 4.94.